The minimum Gasteiger partial charge on any atom is -0.383 e. The first-order valence-corrected chi connectivity index (χ1v) is 7.20. The molecule has 0 amide bonds. The van der Waals surface area contributed by atoms with E-state index in [2.05, 4.69) is 12.0 Å². The summed E-state index contributed by atoms with van der Waals surface area (Å²) in [5.41, 5.74) is 3.83. The average Bonchev–Trinajstić information content (AvgIpc) is 2.81. The lowest BCUT2D eigenvalue weighted by Gasteiger charge is -2.08. The van der Waals surface area contributed by atoms with Gasteiger partial charge in [-0.15, -0.1) is 0 Å². The first-order valence-electron chi connectivity index (χ1n) is 6.82. The van der Waals surface area contributed by atoms with Crippen LogP contribution in [0.3, 0.4) is 0 Å². The third kappa shape index (κ3) is 3.71. The summed E-state index contributed by atoms with van der Waals surface area (Å²) in [6.07, 6.45) is 1.82. The Hall–Kier alpha value is -1.65. The highest BCUT2D eigenvalue weighted by Gasteiger charge is 2.17. The van der Waals surface area contributed by atoms with Crippen LogP contribution in [0, 0.1) is 13.8 Å². The molecule has 0 bridgehead atoms. The lowest BCUT2D eigenvalue weighted by molar-refractivity contribution is 0.0979. The van der Waals surface area contributed by atoms with Crippen LogP contribution < -0.4 is 0 Å². The van der Waals surface area contributed by atoms with Gasteiger partial charge in [-0.05, 0) is 30.5 Å². The van der Waals surface area contributed by atoms with Gasteiger partial charge in [0, 0.05) is 13.5 Å². The molecule has 0 spiro atoms. The van der Waals surface area contributed by atoms with Crippen LogP contribution in [0.1, 0.15) is 27.2 Å². The predicted molar refractivity (Wildman–Crippen MR) is 83.1 cm³/mol. The van der Waals surface area contributed by atoms with E-state index in [0.29, 0.717) is 30.3 Å². The largest absolute Gasteiger partial charge is 0.383 e. The van der Waals surface area contributed by atoms with Crippen molar-refractivity contribution in [3.05, 3.63) is 51.8 Å². The number of nitrogens with zero attached hydrogens (tertiary/aromatic N) is 2. The fourth-order valence-corrected chi connectivity index (χ4v) is 2.42. The van der Waals surface area contributed by atoms with Gasteiger partial charge in [-0.25, -0.2) is 0 Å². The number of carbonyl (C=O) groups excluding carboxylic acids is 1. The molecule has 21 heavy (non-hydrogen) atoms. The molecule has 5 heteroatoms. The van der Waals surface area contributed by atoms with Crippen molar-refractivity contribution in [1.82, 2.24) is 9.78 Å². The molecule has 0 N–H and O–H groups in total. The normalized spacial score (nSPS) is 10.9. The highest BCUT2D eigenvalue weighted by molar-refractivity contribution is 6.33. The van der Waals surface area contributed by atoms with Crippen LogP contribution in [0.15, 0.2) is 24.4 Å². The van der Waals surface area contributed by atoms with Gasteiger partial charge >= 0.3 is 0 Å². The van der Waals surface area contributed by atoms with Gasteiger partial charge in [0.05, 0.1) is 24.4 Å². The van der Waals surface area contributed by atoms with Gasteiger partial charge in [0.15, 0.2) is 5.78 Å². The van der Waals surface area contributed by atoms with Crippen LogP contribution in [0.25, 0.3) is 0 Å². The first kappa shape index (κ1) is 15.7. The number of Topliss-reactive ketones (excluding diaryl/α,β-unsaturated/α-hetero) is 1. The zero-order valence-electron chi connectivity index (χ0n) is 12.5. The van der Waals surface area contributed by atoms with Crippen molar-refractivity contribution in [2.45, 2.75) is 26.8 Å². The maximum absolute atomic E-state index is 12.5. The Morgan fingerprint density at radius 2 is 2.10 bits per heavy atom. The lowest BCUT2D eigenvalue weighted by Crippen LogP contribution is -2.15. The summed E-state index contributed by atoms with van der Waals surface area (Å²) in [5, 5.41) is 4.52. The van der Waals surface area contributed by atoms with Crippen molar-refractivity contribution >= 4 is 17.4 Å². The first-order chi connectivity index (χ1) is 10.0. The van der Waals surface area contributed by atoms with E-state index < -0.39 is 0 Å². The predicted octanol–water partition coefficient (Wildman–Crippen LogP) is 3.23. The maximum Gasteiger partial charge on any atom is 0.186 e. The van der Waals surface area contributed by atoms with Crippen molar-refractivity contribution in [2.75, 3.05) is 13.7 Å². The van der Waals surface area contributed by atoms with E-state index in [-0.39, 0.29) is 5.78 Å². The molecule has 4 nitrogen and oxygen atoms in total. The smallest absolute Gasteiger partial charge is 0.186 e. The summed E-state index contributed by atoms with van der Waals surface area (Å²) in [7, 11) is 1.61. The second-order valence-corrected chi connectivity index (χ2v) is 5.48. The number of halogens is 1. The van der Waals surface area contributed by atoms with Crippen molar-refractivity contribution in [3.63, 3.8) is 0 Å². The number of carbonyl (C=O) groups is 1. The monoisotopic (exact) mass is 306 g/mol. The molecule has 1 heterocycles. The number of aryl methyl sites for hydroxylation is 2. The van der Waals surface area contributed by atoms with Gasteiger partial charge in [0.2, 0.25) is 0 Å². The Morgan fingerprint density at radius 1 is 1.33 bits per heavy atom. The average molecular weight is 307 g/mol. The van der Waals surface area contributed by atoms with Gasteiger partial charge in [-0.2, -0.15) is 5.10 Å². The number of methoxy groups -OCH3 is 1. The summed E-state index contributed by atoms with van der Waals surface area (Å²) in [6.45, 7) is 5.09. The molecular formula is C16H19ClN2O2. The summed E-state index contributed by atoms with van der Waals surface area (Å²) < 4.78 is 6.63. The minimum atomic E-state index is -0.0307. The lowest BCUT2D eigenvalue weighted by atomic mass is 10.0. The molecule has 0 atom stereocenters. The molecule has 0 aliphatic heterocycles. The van der Waals surface area contributed by atoms with Crippen LogP contribution in [-0.4, -0.2) is 29.3 Å². The topological polar surface area (TPSA) is 44.1 Å². The summed E-state index contributed by atoms with van der Waals surface area (Å²) in [5.74, 6) is -0.0307. The number of benzene rings is 1. The van der Waals surface area contributed by atoms with Crippen LogP contribution in [0.4, 0.5) is 0 Å². The van der Waals surface area contributed by atoms with Crippen LogP contribution in [-0.2, 0) is 17.7 Å². The molecule has 0 fully saturated rings. The molecule has 1 aromatic carbocycles. The Balaban J connectivity index is 2.19. The van der Waals surface area contributed by atoms with Crippen LogP contribution in [0.2, 0.25) is 5.02 Å². The maximum atomic E-state index is 12.5. The highest BCUT2D eigenvalue weighted by Crippen LogP contribution is 2.19. The fourth-order valence-electron chi connectivity index (χ4n) is 2.17. The molecule has 112 valence electrons. The van der Waals surface area contributed by atoms with Crippen molar-refractivity contribution in [3.8, 4) is 0 Å². The van der Waals surface area contributed by atoms with Crippen molar-refractivity contribution < 1.29 is 9.53 Å². The molecule has 1 aromatic heterocycles. The fraction of sp³-hybridized carbons (Fsp3) is 0.375. The van der Waals surface area contributed by atoms with E-state index >= 15 is 0 Å². The molecule has 0 aliphatic carbocycles. The molecule has 2 aromatic rings. The number of hydrogen-bond acceptors (Lipinski definition) is 3. The van der Waals surface area contributed by atoms with Gasteiger partial charge in [0.25, 0.3) is 0 Å². The third-order valence-electron chi connectivity index (χ3n) is 3.50. The van der Waals surface area contributed by atoms with Gasteiger partial charge < -0.3 is 4.74 Å². The number of aromatic nitrogens is 2. The van der Waals surface area contributed by atoms with Crippen LogP contribution in [0.5, 0.6) is 0 Å². The SMILES string of the molecule is COCCn1ncc(Cl)c1C(=O)Cc1ccc(C)c(C)c1. The van der Waals surface area contributed by atoms with Gasteiger partial charge in [0.1, 0.15) is 5.69 Å². The Kier molecular flexibility index (Phi) is 5.15. The van der Waals surface area contributed by atoms with E-state index in [1.54, 1.807) is 11.8 Å². The third-order valence-corrected chi connectivity index (χ3v) is 3.78. The minimum absolute atomic E-state index is 0.0307. The van der Waals surface area contributed by atoms with Gasteiger partial charge in [-0.3, -0.25) is 9.48 Å². The second-order valence-electron chi connectivity index (χ2n) is 5.08. The van der Waals surface area contributed by atoms with E-state index in [4.69, 9.17) is 16.3 Å². The number of ketones is 1. The number of hydrogen-bond donors (Lipinski definition) is 0. The van der Waals surface area contributed by atoms with Crippen molar-refractivity contribution in [2.24, 2.45) is 0 Å². The quantitative estimate of drug-likeness (QED) is 0.770. The van der Waals surface area contributed by atoms with Crippen LogP contribution >= 0.6 is 11.6 Å². The zero-order valence-corrected chi connectivity index (χ0v) is 13.3. The zero-order chi connectivity index (χ0) is 15.4. The highest BCUT2D eigenvalue weighted by atomic mass is 35.5. The molecule has 0 radical (unpaired) electrons. The van der Waals surface area contributed by atoms with E-state index in [0.717, 1.165) is 5.56 Å². The summed E-state index contributed by atoms with van der Waals surface area (Å²) in [6, 6.07) is 6.04. The standard InChI is InChI=1S/C16H19ClN2O2/c1-11-4-5-13(8-12(11)2)9-15(20)16-14(17)10-18-19(16)6-7-21-3/h4-5,8,10H,6-7,9H2,1-3H3. The molecule has 0 saturated heterocycles. The van der Waals surface area contributed by atoms with E-state index in [1.807, 2.05) is 25.1 Å². The van der Waals surface area contributed by atoms with E-state index in [9.17, 15) is 4.79 Å². The molecular weight excluding hydrogens is 288 g/mol. The second kappa shape index (κ2) is 6.87. The van der Waals surface area contributed by atoms with Crippen molar-refractivity contribution in [1.29, 1.82) is 0 Å². The molecule has 0 saturated carbocycles. The van der Waals surface area contributed by atoms with E-state index in [1.165, 1.54) is 17.3 Å². The number of ether oxygens (including phenoxy) is 1. The Morgan fingerprint density at radius 3 is 2.76 bits per heavy atom. The van der Waals surface area contributed by atoms with Gasteiger partial charge in [-0.1, -0.05) is 29.8 Å². The molecule has 0 aliphatic rings. The molecule has 0 unspecified atom stereocenters. The Bertz CT molecular complexity index is 650. The summed E-state index contributed by atoms with van der Waals surface area (Å²) in [4.78, 5) is 12.5. The Labute approximate surface area is 129 Å². The molecule has 2 rings (SSSR count). The number of rotatable bonds is 6. The summed E-state index contributed by atoms with van der Waals surface area (Å²) >= 11 is 6.10.